The average molecular weight is 375 g/mol. The van der Waals surface area contributed by atoms with Crippen LogP contribution >= 0.6 is 11.6 Å². The highest BCUT2D eigenvalue weighted by Crippen LogP contribution is 2.19. The van der Waals surface area contributed by atoms with Crippen LogP contribution in [0.3, 0.4) is 0 Å². The molecule has 9 heteroatoms. The van der Waals surface area contributed by atoms with Crippen LogP contribution in [0.2, 0.25) is 5.02 Å². The molecular formula is C15H21ClN3O4S+. The predicted molar refractivity (Wildman–Crippen MR) is 91.9 cm³/mol. The SMILES string of the molecule is C[NH+](CC(=O)Nc1ccccc1Cl)CC(=O)N[C@H]1CCS(=O)(=O)C1. The first-order valence-electron chi connectivity index (χ1n) is 7.60. The van der Waals surface area contributed by atoms with E-state index >= 15 is 0 Å². The molecule has 1 aliphatic heterocycles. The number of anilines is 1. The standard InChI is InChI=1S/C15H20ClN3O4S/c1-19(8-14(20)17-11-6-7-24(22,23)10-11)9-15(21)18-13-5-3-2-4-12(13)16/h2-5,11H,6-10H2,1H3,(H,17,20)(H,18,21)/p+1/t11-/m0/s1. The van der Waals surface area contributed by atoms with E-state index in [0.29, 0.717) is 22.0 Å². The number of quaternary nitrogens is 1. The highest BCUT2D eigenvalue weighted by molar-refractivity contribution is 7.91. The smallest absolute Gasteiger partial charge is 0.279 e. The van der Waals surface area contributed by atoms with E-state index in [4.69, 9.17) is 11.6 Å². The molecule has 1 fully saturated rings. The molecule has 0 saturated carbocycles. The van der Waals surface area contributed by atoms with Crippen LogP contribution in [0.25, 0.3) is 0 Å². The third kappa shape index (κ3) is 5.77. The summed E-state index contributed by atoms with van der Waals surface area (Å²) in [4.78, 5) is 24.6. The van der Waals surface area contributed by atoms with Gasteiger partial charge in [0.15, 0.2) is 22.9 Å². The highest BCUT2D eigenvalue weighted by Gasteiger charge is 2.29. The van der Waals surface area contributed by atoms with Crippen molar-refractivity contribution in [3.8, 4) is 0 Å². The molecule has 0 spiro atoms. The number of para-hydroxylation sites is 1. The maximum Gasteiger partial charge on any atom is 0.279 e. The number of hydrogen-bond acceptors (Lipinski definition) is 4. The Morgan fingerprint density at radius 1 is 1.25 bits per heavy atom. The molecule has 0 aliphatic carbocycles. The zero-order chi connectivity index (χ0) is 17.7. The molecule has 0 radical (unpaired) electrons. The van der Waals surface area contributed by atoms with E-state index in [1.54, 1.807) is 31.3 Å². The van der Waals surface area contributed by atoms with Crippen molar-refractivity contribution < 1.29 is 22.9 Å². The third-order valence-corrected chi connectivity index (χ3v) is 5.77. The van der Waals surface area contributed by atoms with Crippen LogP contribution in [-0.4, -0.2) is 57.9 Å². The van der Waals surface area contributed by atoms with Crippen LogP contribution in [0.4, 0.5) is 5.69 Å². The molecule has 0 bridgehead atoms. The molecule has 1 aromatic carbocycles. The summed E-state index contributed by atoms with van der Waals surface area (Å²) < 4.78 is 22.7. The molecule has 1 aliphatic rings. The van der Waals surface area contributed by atoms with E-state index < -0.39 is 9.84 Å². The molecule has 2 atom stereocenters. The van der Waals surface area contributed by atoms with E-state index in [2.05, 4.69) is 10.6 Å². The number of hydrogen-bond donors (Lipinski definition) is 3. The number of halogens is 1. The molecule has 1 unspecified atom stereocenters. The maximum atomic E-state index is 12.0. The second kappa shape index (κ2) is 7.96. The van der Waals surface area contributed by atoms with E-state index in [1.807, 2.05) is 0 Å². The van der Waals surface area contributed by atoms with E-state index in [0.717, 1.165) is 0 Å². The molecule has 1 saturated heterocycles. The first-order chi connectivity index (χ1) is 11.2. The maximum absolute atomic E-state index is 12.0. The van der Waals surface area contributed by atoms with E-state index in [9.17, 15) is 18.0 Å². The summed E-state index contributed by atoms with van der Waals surface area (Å²) in [5.74, 6) is -0.414. The summed E-state index contributed by atoms with van der Waals surface area (Å²) in [5, 5.41) is 5.85. The van der Waals surface area contributed by atoms with Crippen molar-refractivity contribution in [3.63, 3.8) is 0 Å². The molecule has 1 heterocycles. The van der Waals surface area contributed by atoms with Gasteiger partial charge in [-0.3, -0.25) is 9.59 Å². The Bertz CT molecular complexity index is 723. The van der Waals surface area contributed by atoms with Crippen LogP contribution in [0.15, 0.2) is 24.3 Å². The number of sulfone groups is 1. The van der Waals surface area contributed by atoms with Crippen LogP contribution in [-0.2, 0) is 19.4 Å². The zero-order valence-electron chi connectivity index (χ0n) is 13.3. The van der Waals surface area contributed by atoms with E-state index in [1.165, 1.54) is 0 Å². The van der Waals surface area contributed by atoms with Gasteiger partial charge in [0.05, 0.1) is 29.3 Å². The Kier molecular flexibility index (Phi) is 6.20. The molecule has 2 rings (SSSR count). The lowest BCUT2D eigenvalue weighted by molar-refractivity contribution is -0.862. The Labute approximate surface area is 146 Å². The molecule has 2 amide bonds. The number of rotatable bonds is 6. The minimum Gasteiger partial charge on any atom is -0.347 e. The van der Waals surface area contributed by atoms with Gasteiger partial charge in [-0.05, 0) is 18.6 Å². The average Bonchev–Trinajstić information content (AvgIpc) is 2.79. The fourth-order valence-corrected chi connectivity index (χ4v) is 4.41. The van der Waals surface area contributed by atoms with Gasteiger partial charge < -0.3 is 15.5 Å². The number of carbonyl (C=O) groups excluding carboxylic acids is 2. The van der Waals surface area contributed by atoms with Crippen molar-refractivity contribution in [1.29, 1.82) is 0 Å². The fourth-order valence-electron chi connectivity index (χ4n) is 2.56. The number of benzene rings is 1. The van der Waals surface area contributed by atoms with Gasteiger partial charge in [-0.2, -0.15) is 0 Å². The van der Waals surface area contributed by atoms with Crippen molar-refractivity contribution in [1.82, 2.24) is 5.32 Å². The van der Waals surface area contributed by atoms with Crippen molar-refractivity contribution in [2.45, 2.75) is 12.5 Å². The lowest BCUT2D eigenvalue weighted by atomic mass is 10.2. The van der Waals surface area contributed by atoms with Crippen LogP contribution < -0.4 is 15.5 Å². The predicted octanol–water partition coefficient (Wildman–Crippen LogP) is -0.903. The van der Waals surface area contributed by atoms with Crippen molar-refractivity contribution in [2.24, 2.45) is 0 Å². The molecule has 132 valence electrons. The Morgan fingerprint density at radius 2 is 1.92 bits per heavy atom. The fraction of sp³-hybridized carbons (Fsp3) is 0.467. The molecule has 3 N–H and O–H groups in total. The minimum absolute atomic E-state index is 0.00915. The number of nitrogens with one attached hydrogen (secondary N) is 3. The van der Waals surface area contributed by atoms with Crippen molar-refractivity contribution in [2.75, 3.05) is 37.0 Å². The van der Waals surface area contributed by atoms with Crippen LogP contribution in [0, 0.1) is 0 Å². The van der Waals surface area contributed by atoms with Crippen LogP contribution in [0.1, 0.15) is 6.42 Å². The van der Waals surface area contributed by atoms with Gasteiger partial charge in [-0.25, -0.2) is 8.42 Å². The normalized spacial score (nSPS) is 20.3. The first-order valence-corrected chi connectivity index (χ1v) is 9.80. The number of amides is 2. The quantitative estimate of drug-likeness (QED) is 0.601. The molecule has 7 nitrogen and oxygen atoms in total. The Hall–Kier alpha value is -1.64. The molecular weight excluding hydrogens is 354 g/mol. The summed E-state index contributed by atoms with van der Waals surface area (Å²) in [5.41, 5.74) is 0.526. The van der Waals surface area contributed by atoms with E-state index in [-0.39, 0.29) is 42.5 Å². The third-order valence-electron chi connectivity index (χ3n) is 3.67. The van der Waals surface area contributed by atoms with Gasteiger partial charge in [0.1, 0.15) is 0 Å². The van der Waals surface area contributed by atoms with Gasteiger partial charge in [0.25, 0.3) is 11.8 Å². The van der Waals surface area contributed by atoms with Crippen molar-refractivity contribution >= 4 is 38.9 Å². The largest absolute Gasteiger partial charge is 0.347 e. The van der Waals surface area contributed by atoms with Gasteiger partial charge in [0, 0.05) is 6.04 Å². The van der Waals surface area contributed by atoms with Crippen molar-refractivity contribution in [3.05, 3.63) is 29.3 Å². The summed E-state index contributed by atoms with van der Waals surface area (Å²) in [6, 6.07) is 6.58. The monoisotopic (exact) mass is 374 g/mol. The van der Waals surface area contributed by atoms with Gasteiger partial charge in [-0.15, -0.1) is 0 Å². The number of likely N-dealkylation sites (N-methyl/N-ethyl adjacent to an activating group) is 1. The Balaban J connectivity index is 1.76. The van der Waals surface area contributed by atoms with Crippen LogP contribution in [0.5, 0.6) is 0 Å². The summed E-state index contributed by atoms with van der Waals surface area (Å²) in [6.45, 7) is 0.189. The number of carbonyl (C=O) groups is 2. The minimum atomic E-state index is -3.03. The second-order valence-electron chi connectivity index (χ2n) is 6.01. The topological polar surface area (TPSA) is 96.8 Å². The highest BCUT2D eigenvalue weighted by atomic mass is 35.5. The zero-order valence-corrected chi connectivity index (χ0v) is 14.9. The Morgan fingerprint density at radius 3 is 2.54 bits per heavy atom. The first kappa shape index (κ1) is 18.7. The molecule has 1 aromatic rings. The summed E-state index contributed by atoms with van der Waals surface area (Å²) in [7, 11) is -1.31. The second-order valence-corrected chi connectivity index (χ2v) is 8.64. The van der Waals surface area contributed by atoms with Gasteiger partial charge in [-0.1, -0.05) is 23.7 Å². The molecule has 24 heavy (non-hydrogen) atoms. The lowest BCUT2D eigenvalue weighted by Gasteiger charge is -2.16. The van der Waals surface area contributed by atoms with Gasteiger partial charge >= 0.3 is 0 Å². The summed E-state index contributed by atoms with van der Waals surface area (Å²) in [6.07, 6.45) is 0.445. The lowest BCUT2D eigenvalue weighted by Crippen LogP contribution is -3.11. The molecule has 0 aromatic heterocycles. The summed E-state index contributed by atoms with van der Waals surface area (Å²) >= 11 is 5.97. The van der Waals surface area contributed by atoms with Gasteiger partial charge in [0.2, 0.25) is 0 Å².